The fourth-order valence-electron chi connectivity index (χ4n) is 1.19. The number of hydrogen-bond donors (Lipinski definition) is 2. The molecule has 114 valence electrons. The molecule has 3 nitrogen and oxygen atoms in total. The third kappa shape index (κ3) is 13.5. The molecule has 0 aliphatic heterocycles. The molecule has 0 aromatic carbocycles. The van der Waals surface area contributed by atoms with Crippen molar-refractivity contribution in [3.05, 3.63) is 0 Å². The van der Waals surface area contributed by atoms with Gasteiger partial charge in [-0.25, -0.2) is 0 Å². The molecule has 0 saturated carbocycles. The van der Waals surface area contributed by atoms with Gasteiger partial charge >= 0.3 is 0 Å². The van der Waals surface area contributed by atoms with Gasteiger partial charge in [-0.3, -0.25) is 4.99 Å². The summed E-state index contributed by atoms with van der Waals surface area (Å²) in [5.41, 5.74) is 0.732. The van der Waals surface area contributed by atoms with Crippen molar-refractivity contribution >= 4 is 5.96 Å². The SMILES string of the molecule is CC(C)(C)CN=C(NCC(C)(C)C)NCC(C)(C)C. The Morgan fingerprint density at radius 1 is 0.684 bits per heavy atom. The Bertz CT molecular complexity index is 265. The second-order valence-electron chi connectivity index (χ2n) is 9.05. The molecule has 0 aromatic rings. The van der Waals surface area contributed by atoms with E-state index in [-0.39, 0.29) is 16.2 Å². The van der Waals surface area contributed by atoms with E-state index in [1.165, 1.54) is 0 Å². The molecule has 0 heterocycles. The van der Waals surface area contributed by atoms with Crippen LogP contribution in [0.25, 0.3) is 0 Å². The van der Waals surface area contributed by atoms with Gasteiger partial charge in [0.05, 0.1) is 0 Å². The summed E-state index contributed by atoms with van der Waals surface area (Å²) in [5.74, 6) is 0.930. The minimum atomic E-state index is 0.220. The van der Waals surface area contributed by atoms with Gasteiger partial charge in [-0.15, -0.1) is 0 Å². The van der Waals surface area contributed by atoms with Crippen molar-refractivity contribution in [2.75, 3.05) is 19.6 Å². The van der Waals surface area contributed by atoms with Crippen LogP contribution in [-0.4, -0.2) is 25.6 Å². The Hall–Kier alpha value is -0.730. The molecule has 0 aliphatic rings. The van der Waals surface area contributed by atoms with E-state index in [1.54, 1.807) is 0 Å². The molecule has 2 N–H and O–H groups in total. The van der Waals surface area contributed by atoms with Crippen molar-refractivity contribution in [1.82, 2.24) is 10.6 Å². The number of nitrogens with one attached hydrogen (secondary N) is 2. The normalized spacial score (nSPS) is 13.1. The van der Waals surface area contributed by atoms with E-state index in [9.17, 15) is 0 Å². The lowest BCUT2D eigenvalue weighted by molar-refractivity contribution is 0.388. The smallest absolute Gasteiger partial charge is 0.191 e. The number of rotatable bonds is 3. The van der Waals surface area contributed by atoms with Crippen LogP contribution >= 0.6 is 0 Å². The summed E-state index contributed by atoms with van der Waals surface area (Å²) < 4.78 is 0. The van der Waals surface area contributed by atoms with Crippen molar-refractivity contribution in [2.24, 2.45) is 21.2 Å². The lowest BCUT2D eigenvalue weighted by Crippen LogP contribution is -2.44. The second kappa shape index (κ2) is 6.62. The molecule has 0 unspecified atom stereocenters. The van der Waals surface area contributed by atoms with Crippen LogP contribution in [0.15, 0.2) is 4.99 Å². The first-order valence-electron chi connectivity index (χ1n) is 7.31. The van der Waals surface area contributed by atoms with Crippen molar-refractivity contribution in [1.29, 1.82) is 0 Å². The van der Waals surface area contributed by atoms with Gasteiger partial charge in [-0.2, -0.15) is 0 Å². The first-order chi connectivity index (χ1) is 8.29. The molecule has 0 spiro atoms. The summed E-state index contributed by atoms with van der Waals surface area (Å²) in [6.07, 6.45) is 0. The van der Waals surface area contributed by atoms with E-state index in [4.69, 9.17) is 4.99 Å². The fraction of sp³-hybridized carbons (Fsp3) is 0.938. The Kier molecular flexibility index (Phi) is 6.37. The van der Waals surface area contributed by atoms with Gasteiger partial charge in [0.1, 0.15) is 0 Å². The number of aliphatic imine (C=N–C) groups is 1. The maximum atomic E-state index is 4.70. The molecule has 0 fully saturated rings. The Labute approximate surface area is 120 Å². The highest BCUT2D eigenvalue weighted by atomic mass is 15.2. The van der Waals surface area contributed by atoms with Crippen molar-refractivity contribution in [3.8, 4) is 0 Å². The van der Waals surface area contributed by atoms with E-state index in [1.807, 2.05) is 0 Å². The second-order valence-corrected chi connectivity index (χ2v) is 9.05. The van der Waals surface area contributed by atoms with Crippen LogP contribution in [0.1, 0.15) is 62.3 Å². The van der Waals surface area contributed by atoms with Gasteiger partial charge in [-0.05, 0) is 16.2 Å². The van der Waals surface area contributed by atoms with Gasteiger partial charge in [0.2, 0.25) is 0 Å². The summed E-state index contributed by atoms with van der Waals surface area (Å²) in [4.78, 5) is 4.70. The summed E-state index contributed by atoms with van der Waals surface area (Å²) in [7, 11) is 0. The van der Waals surface area contributed by atoms with E-state index in [0.29, 0.717) is 0 Å². The van der Waals surface area contributed by atoms with Gasteiger partial charge in [-0.1, -0.05) is 62.3 Å². The monoisotopic (exact) mass is 269 g/mol. The van der Waals surface area contributed by atoms with Crippen LogP contribution in [0.5, 0.6) is 0 Å². The van der Waals surface area contributed by atoms with Crippen molar-refractivity contribution in [3.63, 3.8) is 0 Å². The maximum Gasteiger partial charge on any atom is 0.191 e. The third-order valence-corrected chi connectivity index (χ3v) is 2.28. The van der Waals surface area contributed by atoms with Crippen molar-refractivity contribution in [2.45, 2.75) is 62.3 Å². The topological polar surface area (TPSA) is 36.4 Å². The van der Waals surface area contributed by atoms with Crippen molar-refractivity contribution < 1.29 is 0 Å². The Morgan fingerprint density at radius 3 is 1.32 bits per heavy atom. The Morgan fingerprint density at radius 2 is 1.05 bits per heavy atom. The van der Waals surface area contributed by atoms with Crippen LogP contribution in [0.2, 0.25) is 0 Å². The van der Waals surface area contributed by atoms with E-state index < -0.39 is 0 Å². The predicted octanol–water partition coefficient (Wildman–Crippen LogP) is 3.66. The Balaban J connectivity index is 4.56. The standard InChI is InChI=1S/C16H35N3/c1-14(2,3)10-17-13(18-11-15(4,5)6)19-12-16(7,8)9/h10-12H2,1-9H3,(H2,17,18,19). The molecule has 0 bridgehead atoms. The van der Waals surface area contributed by atoms with Gasteiger partial charge in [0.25, 0.3) is 0 Å². The predicted molar refractivity (Wildman–Crippen MR) is 86.7 cm³/mol. The largest absolute Gasteiger partial charge is 0.356 e. The van der Waals surface area contributed by atoms with Crippen LogP contribution < -0.4 is 10.6 Å². The van der Waals surface area contributed by atoms with E-state index in [0.717, 1.165) is 25.6 Å². The zero-order valence-corrected chi connectivity index (χ0v) is 14.6. The molecule has 0 aromatic heterocycles. The molecule has 0 saturated heterocycles. The quantitative estimate of drug-likeness (QED) is 0.606. The van der Waals surface area contributed by atoms with Crippen LogP contribution in [-0.2, 0) is 0 Å². The van der Waals surface area contributed by atoms with E-state index in [2.05, 4.69) is 72.9 Å². The average molecular weight is 269 g/mol. The summed E-state index contributed by atoms with van der Waals surface area (Å²) in [6, 6.07) is 0. The van der Waals surface area contributed by atoms with E-state index >= 15 is 0 Å². The first kappa shape index (κ1) is 18.3. The molecule has 0 aliphatic carbocycles. The van der Waals surface area contributed by atoms with Gasteiger partial charge in [0, 0.05) is 19.6 Å². The molecule has 0 rings (SSSR count). The lowest BCUT2D eigenvalue weighted by atomic mass is 9.96. The van der Waals surface area contributed by atoms with Crippen LogP contribution in [0.3, 0.4) is 0 Å². The number of hydrogen-bond acceptors (Lipinski definition) is 1. The zero-order chi connectivity index (χ0) is 15.3. The molecular formula is C16H35N3. The minimum Gasteiger partial charge on any atom is -0.356 e. The summed E-state index contributed by atoms with van der Waals surface area (Å²) >= 11 is 0. The molecule has 0 atom stereocenters. The summed E-state index contributed by atoms with van der Waals surface area (Å²) in [5, 5.41) is 6.89. The molecule has 0 amide bonds. The van der Waals surface area contributed by atoms with Crippen LogP contribution in [0.4, 0.5) is 0 Å². The first-order valence-corrected chi connectivity index (χ1v) is 7.31. The molecule has 3 heteroatoms. The maximum absolute atomic E-state index is 4.70. The minimum absolute atomic E-state index is 0.220. The van der Waals surface area contributed by atoms with Gasteiger partial charge < -0.3 is 10.6 Å². The highest BCUT2D eigenvalue weighted by Crippen LogP contribution is 2.14. The lowest BCUT2D eigenvalue weighted by Gasteiger charge is -2.25. The molecule has 19 heavy (non-hydrogen) atoms. The molecular weight excluding hydrogens is 234 g/mol. The average Bonchev–Trinajstić information content (AvgIpc) is 2.11. The number of nitrogens with zero attached hydrogens (tertiary/aromatic N) is 1. The molecule has 0 radical (unpaired) electrons. The number of guanidine groups is 1. The fourth-order valence-corrected chi connectivity index (χ4v) is 1.19. The summed E-state index contributed by atoms with van der Waals surface area (Å²) in [6.45, 7) is 22.7. The third-order valence-electron chi connectivity index (χ3n) is 2.28. The van der Waals surface area contributed by atoms with Gasteiger partial charge in [0.15, 0.2) is 5.96 Å². The zero-order valence-electron chi connectivity index (χ0n) is 14.6. The highest BCUT2D eigenvalue weighted by molar-refractivity contribution is 5.79. The van der Waals surface area contributed by atoms with Crippen LogP contribution in [0, 0.1) is 16.2 Å². The highest BCUT2D eigenvalue weighted by Gasteiger charge is 2.15.